The molecular formula is C21H29FN4O+2. The Hall–Kier alpha value is -2.60. The quantitative estimate of drug-likeness (QED) is 0.561. The molecule has 2 aromatic carbocycles. The third kappa shape index (κ3) is 4.39. The Morgan fingerprint density at radius 3 is 2.48 bits per heavy atom. The first-order valence-corrected chi connectivity index (χ1v) is 9.62. The fourth-order valence-corrected chi connectivity index (χ4v) is 3.44. The molecule has 3 N–H and O–H groups in total. The van der Waals surface area contributed by atoms with Gasteiger partial charge in [0.2, 0.25) is 0 Å². The van der Waals surface area contributed by atoms with Gasteiger partial charge in [-0.3, -0.25) is 5.73 Å². The Morgan fingerprint density at radius 2 is 1.78 bits per heavy atom. The van der Waals surface area contributed by atoms with Gasteiger partial charge >= 0.3 is 5.95 Å². The molecule has 0 aliphatic carbocycles. The number of para-hydroxylation sites is 2. The highest BCUT2D eigenvalue weighted by molar-refractivity contribution is 5.73. The lowest BCUT2D eigenvalue weighted by molar-refractivity contribution is -0.913. The number of benzene rings is 2. The number of ether oxygens (including phenoxy) is 1. The Labute approximate surface area is 159 Å². The van der Waals surface area contributed by atoms with Gasteiger partial charge in [0.15, 0.2) is 0 Å². The number of nitrogens with two attached hydrogens (primary N) is 1. The highest BCUT2D eigenvalue weighted by Crippen LogP contribution is 2.16. The number of hydrogen-bond acceptors (Lipinski definition) is 2. The predicted octanol–water partition coefficient (Wildman–Crippen LogP) is 1.65. The molecule has 1 heterocycles. The van der Waals surface area contributed by atoms with Gasteiger partial charge in [-0.25, -0.2) is 13.5 Å². The van der Waals surface area contributed by atoms with Crippen LogP contribution in [0.2, 0.25) is 0 Å². The van der Waals surface area contributed by atoms with E-state index in [-0.39, 0.29) is 5.82 Å². The van der Waals surface area contributed by atoms with Crippen LogP contribution in [0.5, 0.6) is 5.75 Å². The summed E-state index contributed by atoms with van der Waals surface area (Å²) < 4.78 is 23.0. The average Bonchev–Trinajstić information content (AvgIpc) is 2.96. The van der Waals surface area contributed by atoms with Crippen molar-refractivity contribution in [3.63, 3.8) is 0 Å². The monoisotopic (exact) mass is 372 g/mol. The van der Waals surface area contributed by atoms with Crippen LogP contribution in [0.3, 0.4) is 0 Å². The van der Waals surface area contributed by atoms with Crippen LogP contribution in [0.1, 0.15) is 13.8 Å². The first-order valence-electron chi connectivity index (χ1n) is 9.62. The summed E-state index contributed by atoms with van der Waals surface area (Å²) in [6, 6.07) is 14.3. The molecule has 1 aromatic heterocycles. The molecule has 0 aliphatic heterocycles. The van der Waals surface area contributed by atoms with E-state index in [1.54, 1.807) is 17.0 Å². The smallest absolute Gasteiger partial charge is 0.356 e. The molecule has 0 unspecified atom stereocenters. The average molecular weight is 372 g/mol. The normalized spacial score (nSPS) is 11.4. The maximum Gasteiger partial charge on any atom is 0.356 e. The standard InChI is InChI=1S/C21H27FN4O/c1-3-24(4-2)13-14-25-19-7-5-6-8-20(19)26(21(25)23)15-16-27-18-11-9-17(22)10-12-18/h5-12,23H,3-4,13-16H2,1-2H3/p+2. The van der Waals surface area contributed by atoms with Crippen molar-refractivity contribution in [2.75, 3.05) is 32.0 Å². The Balaban J connectivity index is 1.76. The molecule has 0 atom stereocenters. The number of nitrogens with zero attached hydrogens (tertiary/aromatic N) is 2. The van der Waals surface area contributed by atoms with Gasteiger partial charge in [0.05, 0.1) is 13.1 Å². The number of anilines is 1. The van der Waals surface area contributed by atoms with Crippen molar-refractivity contribution in [2.45, 2.75) is 26.9 Å². The van der Waals surface area contributed by atoms with Crippen LogP contribution in [0.25, 0.3) is 11.0 Å². The number of hydrogen-bond donors (Lipinski definition) is 2. The number of fused-ring (bicyclic) bond motifs is 1. The molecular weight excluding hydrogens is 343 g/mol. The van der Waals surface area contributed by atoms with E-state index in [9.17, 15) is 4.39 Å². The lowest BCUT2D eigenvalue weighted by atomic mass is 10.3. The summed E-state index contributed by atoms with van der Waals surface area (Å²) in [5, 5.41) is 0. The predicted molar refractivity (Wildman–Crippen MR) is 105 cm³/mol. The van der Waals surface area contributed by atoms with Crippen molar-refractivity contribution in [3.8, 4) is 5.75 Å². The van der Waals surface area contributed by atoms with E-state index in [1.807, 2.05) is 12.1 Å². The van der Waals surface area contributed by atoms with E-state index in [0.29, 0.717) is 18.9 Å². The van der Waals surface area contributed by atoms with Crippen molar-refractivity contribution in [1.29, 1.82) is 0 Å². The highest BCUT2D eigenvalue weighted by Gasteiger charge is 2.21. The number of halogens is 1. The van der Waals surface area contributed by atoms with E-state index < -0.39 is 0 Å². The lowest BCUT2D eigenvalue weighted by Crippen LogP contribution is -3.12. The molecule has 0 amide bonds. The maximum atomic E-state index is 13.0. The number of rotatable bonds is 9. The van der Waals surface area contributed by atoms with Crippen LogP contribution in [0.15, 0.2) is 48.5 Å². The number of likely N-dealkylation sites (N-methyl/N-ethyl adjacent to an activating group) is 1. The molecule has 0 fully saturated rings. The van der Waals surface area contributed by atoms with Gasteiger partial charge in [0, 0.05) is 0 Å². The van der Waals surface area contributed by atoms with Crippen LogP contribution < -0.4 is 19.9 Å². The van der Waals surface area contributed by atoms with Crippen molar-refractivity contribution in [1.82, 2.24) is 4.57 Å². The molecule has 0 spiro atoms. The summed E-state index contributed by atoms with van der Waals surface area (Å²) in [7, 11) is 0. The van der Waals surface area contributed by atoms with Crippen molar-refractivity contribution in [2.24, 2.45) is 0 Å². The molecule has 3 rings (SSSR count). The summed E-state index contributed by atoms with van der Waals surface area (Å²) in [5.74, 6) is 1.13. The highest BCUT2D eigenvalue weighted by atomic mass is 19.1. The molecule has 0 aliphatic rings. The largest absolute Gasteiger partial charge is 0.490 e. The van der Waals surface area contributed by atoms with Crippen LogP contribution in [0, 0.1) is 5.82 Å². The Kier molecular flexibility index (Phi) is 6.29. The van der Waals surface area contributed by atoms with Crippen LogP contribution in [-0.2, 0) is 13.1 Å². The molecule has 144 valence electrons. The molecule has 27 heavy (non-hydrogen) atoms. The Bertz CT molecular complexity index is 872. The van der Waals surface area contributed by atoms with Gasteiger partial charge in [-0.05, 0) is 50.2 Å². The third-order valence-corrected chi connectivity index (χ3v) is 5.10. The van der Waals surface area contributed by atoms with E-state index in [1.165, 1.54) is 12.1 Å². The molecule has 6 heteroatoms. The van der Waals surface area contributed by atoms with Gasteiger partial charge in [-0.1, -0.05) is 12.1 Å². The molecule has 5 nitrogen and oxygen atoms in total. The van der Waals surface area contributed by atoms with Crippen molar-refractivity contribution < 1.29 is 18.6 Å². The summed E-state index contributed by atoms with van der Waals surface area (Å²) in [6.07, 6.45) is 0. The molecule has 3 aromatic rings. The van der Waals surface area contributed by atoms with Crippen molar-refractivity contribution in [3.05, 3.63) is 54.3 Å². The van der Waals surface area contributed by atoms with Gasteiger partial charge < -0.3 is 9.64 Å². The molecule has 0 saturated carbocycles. The number of nitrogen functional groups attached to an aromatic ring is 1. The van der Waals surface area contributed by atoms with E-state index in [0.717, 1.165) is 43.2 Å². The summed E-state index contributed by atoms with van der Waals surface area (Å²) in [4.78, 5) is 1.55. The minimum absolute atomic E-state index is 0.264. The fourth-order valence-electron chi connectivity index (χ4n) is 3.44. The number of imidazole rings is 1. The lowest BCUT2D eigenvalue weighted by Gasteiger charge is -2.14. The topological polar surface area (TPSA) is 48.5 Å². The Morgan fingerprint density at radius 1 is 1.07 bits per heavy atom. The second-order valence-electron chi connectivity index (χ2n) is 6.66. The summed E-state index contributed by atoms with van der Waals surface area (Å²) in [6.45, 7) is 9.68. The minimum atomic E-state index is -0.264. The zero-order valence-electron chi connectivity index (χ0n) is 16.1. The van der Waals surface area contributed by atoms with E-state index in [4.69, 9.17) is 10.5 Å². The first-order chi connectivity index (χ1) is 13.1. The molecule has 0 bridgehead atoms. The van der Waals surface area contributed by atoms with E-state index in [2.05, 4.69) is 35.1 Å². The number of nitrogens with one attached hydrogen (secondary N) is 1. The third-order valence-electron chi connectivity index (χ3n) is 5.10. The van der Waals surface area contributed by atoms with Crippen LogP contribution in [-0.4, -0.2) is 30.8 Å². The van der Waals surface area contributed by atoms with Crippen LogP contribution in [0.4, 0.5) is 10.3 Å². The van der Waals surface area contributed by atoms with Gasteiger partial charge in [-0.2, -0.15) is 0 Å². The van der Waals surface area contributed by atoms with Gasteiger partial charge in [0.25, 0.3) is 0 Å². The SMILES string of the molecule is CC[NH+](CC)CC[n+]1c(N)n(CCOc2ccc(F)cc2)c2ccccc21. The van der Waals surface area contributed by atoms with Gasteiger partial charge in [0.1, 0.15) is 48.8 Å². The molecule has 0 saturated heterocycles. The minimum Gasteiger partial charge on any atom is -0.490 e. The number of quaternary nitrogens is 1. The maximum absolute atomic E-state index is 13.0. The fraction of sp³-hybridized carbons (Fsp3) is 0.381. The number of aromatic nitrogens is 2. The van der Waals surface area contributed by atoms with E-state index >= 15 is 0 Å². The summed E-state index contributed by atoms with van der Waals surface area (Å²) in [5.41, 5.74) is 8.74. The summed E-state index contributed by atoms with van der Waals surface area (Å²) >= 11 is 0. The zero-order valence-corrected chi connectivity index (χ0v) is 16.1. The van der Waals surface area contributed by atoms with Gasteiger partial charge in [-0.15, -0.1) is 0 Å². The zero-order chi connectivity index (χ0) is 19.2. The first kappa shape index (κ1) is 19.2. The second kappa shape index (κ2) is 8.86. The van der Waals surface area contributed by atoms with Crippen molar-refractivity contribution >= 4 is 17.0 Å². The molecule has 0 radical (unpaired) electrons. The second-order valence-corrected chi connectivity index (χ2v) is 6.66. The van der Waals surface area contributed by atoms with Crippen LogP contribution >= 0.6 is 0 Å².